The van der Waals surface area contributed by atoms with E-state index in [0.717, 1.165) is 0 Å². The normalized spacial score (nSPS) is 10.6. The summed E-state index contributed by atoms with van der Waals surface area (Å²) in [6.07, 6.45) is 1.31. The van der Waals surface area contributed by atoms with Crippen LogP contribution < -0.4 is 15.5 Å². The molecule has 0 saturated heterocycles. The van der Waals surface area contributed by atoms with Crippen molar-refractivity contribution in [2.75, 3.05) is 7.11 Å². The van der Waals surface area contributed by atoms with Gasteiger partial charge in [0.1, 0.15) is 0 Å². The lowest BCUT2D eigenvalue weighted by atomic mass is 10.2. The highest BCUT2D eigenvalue weighted by atomic mass is 35.5. The molecule has 2 rings (SSSR count). The second kappa shape index (κ2) is 9.07. The lowest BCUT2D eigenvalue weighted by Crippen LogP contribution is -2.37. The van der Waals surface area contributed by atoms with Crippen molar-refractivity contribution in [2.24, 2.45) is 5.10 Å². The Balaban J connectivity index is 1.87. The van der Waals surface area contributed by atoms with Gasteiger partial charge in [-0.2, -0.15) is 5.10 Å². The van der Waals surface area contributed by atoms with E-state index in [1.165, 1.54) is 25.5 Å². The van der Waals surface area contributed by atoms with Crippen molar-refractivity contribution in [3.05, 3.63) is 57.6 Å². The van der Waals surface area contributed by atoms with Crippen LogP contribution >= 0.6 is 23.2 Å². The molecule has 136 valence electrons. The number of ether oxygens (including phenoxy) is 1. The summed E-state index contributed by atoms with van der Waals surface area (Å²) in [5.41, 5.74) is 3.29. The van der Waals surface area contributed by atoms with Crippen molar-refractivity contribution < 1.29 is 19.4 Å². The molecule has 0 aliphatic rings. The zero-order valence-corrected chi connectivity index (χ0v) is 15.1. The van der Waals surface area contributed by atoms with Crippen LogP contribution in [0.2, 0.25) is 10.0 Å². The zero-order valence-electron chi connectivity index (χ0n) is 13.6. The standard InChI is InChI=1S/C17H15Cl2N3O4/c1-26-15-6-10(2-5-14(15)23)8-21-22-17(25)16(24)20-9-11-3-4-12(18)7-13(11)19/h2-8,23H,9H2,1H3,(H,20,24)(H,22,25). The van der Waals surface area contributed by atoms with Gasteiger partial charge in [0.05, 0.1) is 13.3 Å². The predicted molar refractivity (Wildman–Crippen MR) is 98.7 cm³/mol. The molecule has 9 heteroatoms. The van der Waals surface area contributed by atoms with Crippen molar-refractivity contribution >= 4 is 41.2 Å². The number of rotatable bonds is 5. The maximum atomic E-state index is 11.8. The third-order valence-corrected chi connectivity index (χ3v) is 3.83. The summed E-state index contributed by atoms with van der Waals surface area (Å²) in [6, 6.07) is 9.33. The van der Waals surface area contributed by atoms with Crippen molar-refractivity contribution in [2.45, 2.75) is 6.54 Å². The van der Waals surface area contributed by atoms with Gasteiger partial charge in [0, 0.05) is 16.6 Å². The molecule has 0 aliphatic carbocycles. The van der Waals surface area contributed by atoms with E-state index in [9.17, 15) is 14.7 Å². The maximum absolute atomic E-state index is 11.8. The highest BCUT2D eigenvalue weighted by Gasteiger charge is 2.13. The molecule has 0 aliphatic heterocycles. The van der Waals surface area contributed by atoms with E-state index in [-0.39, 0.29) is 18.0 Å². The Kier molecular flexibility index (Phi) is 6.82. The van der Waals surface area contributed by atoms with Crippen LogP contribution in [-0.2, 0) is 16.1 Å². The van der Waals surface area contributed by atoms with Gasteiger partial charge in [0.2, 0.25) is 0 Å². The molecule has 0 spiro atoms. The number of hydrazone groups is 1. The van der Waals surface area contributed by atoms with E-state index in [1.54, 1.807) is 24.3 Å². The van der Waals surface area contributed by atoms with Crippen LogP contribution in [0.1, 0.15) is 11.1 Å². The third kappa shape index (κ3) is 5.37. The minimum Gasteiger partial charge on any atom is -0.504 e. The molecule has 0 aromatic heterocycles. The number of benzene rings is 2. The number of nitrogens with one attached hydrogen (secondary N) is 2. The topological polar surface area (TPSA) is 100 Å². The molecule has 0 saturated carbocycles. The molecule has 3 N–H and O–H groups in total. The van der Waals surface area contributed by atoms with E-state index in [2.05, 4.69) is 15.8 Å². The van der Waals surface area contributed by atoms with Gasteiger partial charge in [0.15, 0.2) is 11.5 Å². The molecule has 2 aromatic carbocycles. The van der Waals surface area contributed by atoms with Gasteiger partial charge in [-0.3, -0.25) is 9.59 Å². The van der Waals surface area contributed by atoms with Crippen LogP contribution in [0.15, 0.2) is 41.5 Å². The average molecular weight is 396 g/mol. The molecule has 0 heterocycles. The fourth-order valence-corrected chi connectivity index (χ4v) is 2.39. The molecule has 0 fully saturated rings. The Bertz CT molecular complexity index is 856. The number of carbonyl (C=O) groups excluding carboxylic acids is 2. The van der Waals surface area contributed by atoms with E-state index in [0.29, 0.717) is 21.2 Å². The highest BCUT2D eigenvalue weighted by molar-refractivity contribution is 6.36. The van der Waals surface area contributed by atoms with Crippen LogP contribution in [-0.4, -0.2) is 30.2 Å². The average Bonchev–Trinajstić information content (AvgIpc) is 2.62. The van der Waals surface area contributed by atoms with Gasteiger partial charge in [0.25, 0.3) is 0 Å². The number of phenolic OH excluding ortho intramolecular Hbond substituents is 1. The number of halogens is 2. The molecule has 2 aromatic rings. The van der Waals surface area contributed by atoms with Crippen molar-refractivity contribution in [1.29, 1.82) is 0 Å². The van der Waals surface area contributed by atoms with E-state index in [1.807, 2.05) is 0 Å². The predicted octanol–water partition coefficient (Wildman–Crippen LogP) is 2.47. The first-order valence-corrected chi connectivity index (χ1v) is 8.08. The second-order valence-electron chi connectivity index (χ2n) is 5.05. The summed E-state index contributed by atoms with van der Waals surface area (Å²) < 4.78 is 4.96. The minimum absolute atomic E-state index is 0.0195. The SMILES string of the molecule is COc1cc(C=NNC(=O)C(=O)NCc2ccc(Cl)cc2Cl)ccc1O. The number of phenols is 1. The lowest BCUT2D eigenvalue weighted by molar-refractivity contribution is -0.139. The summed E-state index contributed by atoms with van der Waals surface area (Å²) in [7, 11) is 1.41. The fraction of sp³-hybridized carbons (Fsp3) is 0.118. The summed E-state index contributed by atoms with van der Waals surface area (Å²) in [5.74, 6) is -1.56. The number of amides is 2. The van der Waals surface area contributed by atoms with Gasteiger partial charge in [-0.15, -0.1) is 0 Å². The molecule has 0 atom stereocenters. The van der Waals surface area contributed by atoms with Crippen molar-refractivity contribution in [3.8, 4) is 11.5 Å². The largest absolute Gasteiger partial charge is 0.504 e. The molecule has 0 radical (unpaired) electrons. The number of aromatic hydroxyl groups is 1. The minimum atomic E-state index is -0.933. The zero-order chi connectivity index (χ0) is 19.1. The molecular formula is C17H15Cl2N3O4. The van der Waals surface area contributed by atoms with Gasteiger partial charge < -0.3 is 15.2 Å². The summed E-state index contributed by atoms with van der Waals surface area (Å²) in [5, 5.41) is 16.5. The smallest absolute Gasteiger partial charge is 0.329 e. The molecule has 7 nitrogen and oxygen atoms in total. The molecule has 26 heavy (non-hydrogen) atoms. The molecular weight excluding hydrogens is 381 g/mol. The van der Waals surface area contributed by atoms with Gasteiger partial charge in [-0.1, -0.05) is 29.3 Å². The van der Waals surface area contributed by atoms with Crippen molar-refractivity contribution in [1.82, 2.24) is 10.7 Å². The van der Waals surface area contributed by atoms with E-state index < -0.39 is 11.8 Å². The molecule has 0 unspecified atom stereocenters. The first-order chi connectivity index (χ1) is 12.4. The Labute approximate surface area is 159 Å². The van der Waals surface area contributed by atoms with Crippen LogP contribution in [0.25, 0.3) is 0 Å². The number of carbonyl (C=O) groups is 2. The highest BCUT2D eigenvalue weighted by Crippen LogP contribution is 2.25. The number of nitrogens with zero attached hydrogens (tertiary/aromatic N) is 1. The first kappa shape index (κ1) is 19.6. The van der Waals surface area contributed by atoms with Gasteiger partial charge in [-0.05, 0) is 41.5 Å². The van der Waals surface area contributed by atoms with Crippen LogP contribution in [0.4, 0.5) is 0 Å². The summed E-state index contributed by atoms with van der Waals surface area (Å²) in [4.78, 5) is 23.5. The van der Waals surface area contributed by atoms with E-state index >= 15 is 0 Å². The number of hydrogen-bond acceptors (Lipinski definition) is 5. The van der Waals surface area contributed by atoms with Gasteiger partial charge >= 0.3 is 11.8 Å². The van der Waals surface area contributed by atoms with Crippen LogP contribution in [0.5, 0.6) is 11.5 Å². The summed E-state index contributed by atoms with van der Waals surface area (Å²) >= 11 is 11.8. The molecule has 2 amide bonds. The van der Waals surface area contributed by atoms with E-state index in [4.69, 9.17) is 27.9 Å². The second-order valence-corrected chi connectivity index (χ2v) is 5.89. The molecule has 0 bridgehead atoms. The quantitative estimate of drug-likeness (QED) is 0.411. The first-order valence-electron chi connectivity index (χ1n) is 7.33. The number of methoxy groups -OCH3 is 1. The Morgan fingerprint density at radius 1 is 1.19 bits per heavy atom. The Morgan fingerprint density at radius 3 is 2.65 bits per heavy atom. The Hall–Kier alpha value is -2.77. The monoisotopic (exact) mass is 395 g/mol. The number of hydrogen-bond donors (Lipinski definition) is 3. The van der Waals surface area contributed by atoms with Gasteiger partial charge in [-0.25, -0.2) is 5.43 Å². The van der Waals surface area contributed by atoms with Crippen molar-refractivity contribution in [3.63, 3.8) is 0 Å². The third-order valence-electron chi connectivity index (χ3n) is 3.24. The fourth-order valence-electron chi connectivity index (χ4n) is 1.91. The summed E-state index contributed by atoms with van der Waals surface area (Å²) in [6.45, 7) is 0.0706. The Morgan fingerprint density at radius 2 is 1.96 bits per heavy atom. The lowest BCUT2D eigenvalue weighted by Gasteiger charge is -2.06. The van der Waals surface area contributed by atoms with Crippen LogP contribution in [0.3, 0.4) is 0 Å². The maximum Gasteiger partial charge on any atom is 0.329 e. The van der Waals surface area contributed by atoms with Crippen LogP contribution in [0, 0.1) is 0 Å².